The van der Waals surface area contributed by atoms with Crippen LogP contribution in [0, 0.1) is 11.3 Å². The van der Waals surface area contributed by atoms with Gasteiger partial charge in [-0.25, -0.2) is 9.97 Å². The minimum Gasteiger partial charge on any atom is -0.496 e. The van der Waals surface area contributed by atoms with Gasteiger partial charge in [-0.3, -0.25) is 9.48 Å². The number of benzene rings is 2. The van der Waals surface area contributed by atoms with E-state index in [9.17, 15) is 4.79 Å². The van der Waals surface area contributed by atoms with E-state index in [2.05, 4.69) is 25.7 Å². The average Bonchev–Trinajstić information content (AvgIpc) is 3.36. The molecule has 0 aliphatic carbocycles. The topological polar surface area (TPSA) is 118 Å². The molecule has 0 radical (unpaired) electrons. The Morgan fingerprint density at radius 1 is 1.14 bits per heavy atom. The van der Waals surface area contributed by atoms with Gasteiger partial charge in [0.25, 0.3) is 5.91 Å². The number of carbonyl (C=O) groups excluding carboxylic acids is 1. The number of amides is 1. The summed E-state index contributed by atoms with van der Waals surface area (Å²) in [5.41, 5.74) is 3.20. The standard InChI is InChI=1S/C25H22ClN7O2/c1-15(2)33-11-10-21(32-33)23-20(26)14-28-25(31-23)30-18-8-9-19(22(12-18)35-3)24(34)29-17-6-4-16(13-27)5-7-17/h4-12,14-15H,1-3H3,(H,29,34)(H,28,30,31). The van der Waals surface area contributed by atoms with Crippen molar-refractivity contribution in [2.75, 3.05) is 17.7 Å². The fraction of sp³-hybridized carbons (Fsp3) is 0.160. The molecule has 0 bridgehead atoms. The number of anilines is 3. The summed E-state index contributed by atoms with van der Waals surface area (Å²) < 4.78 is 7.26. The second-order valence-corrected chi connectivity index (χ2v) is 8.26. The summed E-state index contributed by atoms with van der Waals surface area (Å²) in [6.45, 7) is 4.07. The summed E-state index contributed by atoms with van der Waals surface area (Å²) in [4.78, 5) is 21.6. The van der Waals surface area contributed by atoms with Crippen molar-refractivity contribution in [2.45, 2.75) is 19.9 Å². The zero-order valence-corrected chi connectivity index (χ0v) is 20.0. The Morgan fingerprint density at radius 3 is 2.54 bits per heavy atom. The van der Waals surface area contributed by atoms with Crippen LogP contribution in [-0.2, 0) is 0 Å². The molecule has 1 amide bonds. The van der Waals surface area contributed by atoms with Gasteiger partial charge >= 0.3 is 0 Å². The Balaban J connectivity index is 1.54. The highest BCUT2D eigenvalue weighted by Gasteiger charge is 2.15. The molecule has 0 saturated carbocycles. The summed E-state index contributed by atoms with van der Waals surface area (Å²) in [5.74, 6) is 0.343. The minimum atomic E-state index is -0.344. The van der Waals surface area contributed by atoms with E-state index in [-0.39, 0.29) is 11.9 Å². The van der Waals surface area contributed by atoms with Crippen LogP contribution in [0.1, 0.15) is 35.8 Å². The SMILES string of the molecule is COc1cc(Nc2ncc(Cl)c(-c3ccn(C(C)C)n3)n2)ccc1C(=O)Nc1ccc(C#N)cc1. The molecule has 4 rings (SSSR count). The van der Waals surface area contributed by atoms with Gasteiger partial charge in [-0.2, -0.15) is 10.4 Å². The van der Waals surface area contributed by atoms with Gasteiger partial charge in [0.2, 0.25) is 5.95 Å². The van der Waals surface area contributed by atoms with Crippen molar-refractivity contribution in [1.82, 2.24) is 19.7 Å². The quantitative estimate of drug-likeness (QED) is 0.355. The van der Waals surface area contributed by atoms with Crippen molar-refractivity contribution in [2.24, 2.45) is 0 Å². The molecule has 176 valence electrons. The van der Waals surface area contributed by atoms with Crippen molar-refractivity contribution in [3.8, 4) is 23.2 Å². The maximum absolute atomic E-state index is 12.8. The van der Waals surface area contributed by atoms with Gasteiger partial charge in [0.05, 0.1) is 35.5 Å². The normalized spacial score (nSPS) is 10.6. The smallest absolute Gasteiger partial charge is 0.259 e. The lowest BCUT2D eigenvalue weighted by Gasteiger charge is -2.12. The summed E-state index contributed by atoms with van der Waals surface area (Å²) in [6, 6.07) is 15.7. The second kappa shape index (κ2) is 10.2. The van der Waals surface area contributed by atoms with Crippen LogP contribution in [0.5, 0.6) is 5.75 Å². The molecule has 4 aromatic rings. The average molecular weight is 488 g/mol. The molecule has 0 fully saturated rings. The Kier molecular flexibility index (Phi) is 6.94. The molecular formula is C25H22ClN7O2. The van der Waals surface area contributed by atoms with E-state index in [4.69, 9.17) is 21.6 Å². The highest BCUT2D eigenvalue weighted by Crippen LogP contribution is 2.29. The van der Waals surface area contributed by atoms with E-state index in [0.29, 0.717) is 50.6 Å². The number of ether oxygens (including phenoxy) is 1. The van der Waals surface area contributed by atoms with Gasteiger partial charge in [0.15, 0.2) is 0 Å². The lowest BCUT2D eigenvalue weighted by Crippen LogP contribution is -2.13. The first kappa shape index (κ1) is 23.7. The summed E-state index contributed by atoms with van der Waals surface area (Å²) in [6.07, 6.45) is 3.38. The van der Waals surface area contributed by atoms with E-state index in [1.54, 1.807) is 42.5 Å². The number of nitrogens with zero attached hydrogens (tertiary/aromatic N) is 5. The summed E-state index contributed by atoms with van der Waals surface area (Å²) >= 11 is 6.33. The zero-order valence-electron chi connectivity index (χ0n) is 19.3. The van der Waals surface area contributed by atoms with Gasteiger partial charge in [0.1, 0.15) is 17.1 Å². The van der Waals surface area contributed by atoms with Crippen molar-refractivity contribution < 1.29 is 9.53 Å². The lowest BCUT2D eigenvalue weighted by atomic mass is 10.1. The van der Waals surface area contributed by atoms with Gasteiger partial charge in [-0.05, 0) is 56.3 Å². The monoisotopic (exact) mass is 487 g/mol. The van der Waals surface area contributed by atoms with E-state index >= 15 is 0 Å². The first-order valence-corrected chi connectivity index (χ1v) is 11.1. The van der Waals surface area contributed by atoms with Gasteiger partial charge in [-0.1, -0.05) is 11.6 Å². The molecule has 0 aliphatic heterocycles. The zero-order chi connectivity index (χ0) is 24.9. The van der Waals surface area contributed by atoms with Crippen LogP contribution in [0.15, 0.2) is 60.9 Å². The third kappa shape index (κ3) is 5.39. The molecule has 2 N–H and O–H groups in total. The maximum Gasteiger partial charge on any atom is 0.259 e. The van der Waals surface area contributed by atoms with Crippen molar-refractivity contribution in [3.05, 3.63) is 77.1 Å². The lowest BCUT2D eigenvalue weighted by molar-refractivity contribution is 0.102. The molecule has 35 heavy (non-hydrogen) atoms. The number of halogens is 1. The van der Waals surface area contributed by atoms with Crippen molar-refractivity contribution >= 4 is 34.8 Å². The predicted molar refractivity (Wildman–Crippen MR) is 134 cm³/mol. The van der Waals surface area contributed by atoms with Crippen molar-refractivity contribution in [1.29, 1.82) is 5.26 Å². The number of aromatic nitrogens is 4. The van der Waals surface area contributed by atoms with E-state index in [0.717, 1.165) is 0 Å². The molecule has 0 spiro atoms. The number of hydrogen-bond donors (Lipinski definition) is 2. The molecule has 2 heterocycles. The molecular weight excluding hydrogens is 466 g/mol. The minimum absolute atomic E-state index is 0.210. The number of carbonyl (C=O) groups is 1. The Morgan fingerprint density at radius 2 is 1.89 bits per heavy atom. The summed E-state index contributed by atoms with van der Waals surface area (Å²) in [7, 11) is 1.49. The number of nitriles is 1. The van der Waals surface area contributed by atoms with Crippen LogP contribution < -0.4 is 15.4 Å². The van der Waals surface area contributed by atoms with Crippen LogP contribution in [0.4, 0.5) is 17.3 Å². The molecule has 0 aliphatic rings. The predicted octanol–water partition coefficient (Wildman–Crippen LogP) is 5.45. The second-order valence-electron chi connectivity index (χ2n) is 7.85. The maximum atomic E-state index is 12.8. The molecule has 0 saturated heterocycles. The summed E-state index contributed by atoms with van der Waals surface area (Å²) in [5, 5.41) is 19.7. The molecule has 2 aromatic heterocycles. The molecule has 0 atom stereocenters. The third-order valence-electron chi connectivity index (χ3n) is 5.10. The van der Waals surface area contributed by atoms with Gasteiger partial charge in [0, 0.05) is 29.7 Å². The fourth-order valence-corrected chi connectivity index (χ4v) is 3.46. The third-order valence-corrected chi connectivity index (χ3v) is 5.37. The highest BCUT2D eigenvalue weighted by atomic mass is 35.5. The van der Waals surface area contributed by atoms with Gasteiger partial charge < -0.3 is 15.4 Å². The molecule has 9 nitrogen and oxygen atoms in total. The molecule has 10 heteroatoms. The molecule has 0 unspecified atom stereocenters. The number of rotatable bonds is 7. The number of nitrogens with one attached hydrogen (secondary N) is 2. The van der Waals surface area contributed by atoms with Crippen LogP contribution in [0.3, 0.4) is 0 Å². The van der Waals surface area contributed by atoms with E-state index in [1.807, 2.05) is 36.9 Å². The fourth-order valence-electron chi connectivity index (χ4n) is 3.27. The van der Waals surface area contributed by atoms with E-state index in [1.165, 1.54) is 13.3 Å². The highest BCUT2D eigenvalue weighted by molar-refractivity contribution is 6.32. The first-order valence-electron chi connectivity index (χ1n) is 10.7. The first-order chi connectivity index (χ1) is 16.9. The van der Waals surface area contributed by atoms with Crippen LogP contribution in [0.2, 0.25) is 5.02 Å². The number of methoxy groups -OCH3 is 1. The molecule has 2 aromatic carbocycles. The van der Waals surface area contributed by atoms with Crippen LogP contribution in [-0.4, -0.2) is 32.8 Å². The van der Waals surface area contributed by atoms with E-state index < -0.39 is 0 Å². The van der Waals surface area contributed by atoms with Crippen molar-refractivity contribution in [3.63, 3.8) is 0 Å². The van der Waals surface area contributed by atoms with Crippen LogP contribution >= 0.6 is 11.6 Å². The van der Waals surface area contributed by atoms with Gasteiger partial charge in [-0.15, -0.1) is 0 Å². The Labute approximate surface area is 207 Å². The number of hydrogen-bond acceptors (Lipinski definition) is 7. The van der Waals surface area contributed by atoms with Crippen LogP contribution in [0.25, 0.3) is 11.4 Å². The Bertz CT molecular complexity index is 1410. The Hall–Kier alpha value is -4.42. The largest absolute Gasteiger partial charge is 0.496 e.